The SMILES string of the molecule is CCNC(=NCc1ccc(S(C)(=O)=O)c(C)c1)NCCCN1CCC(O)CC1.I. The van der Waals surface area contributed by atoms with Gasteiger partial charge in [-0.3, -0.25) is 0 Å². The number of aryl methyl sites for hydroxylation is 1. The largest absolute Gasteiger partial charge is 0.393 e. The van der Waals surface area contributed by atoms with Gasteiger partial charge < -0.3 is 20.6 Å². The zero-order chi connectivity index (χ0) is 20.6. The third kappa shape index (κ3) is 9.18. The van der Waals surface area contributed by atoms with Crippen molar-refractivity contribution in [2.45, 2.75) is 50.7 Å². The van der Waals surface area contributed by atoms with Crippen LogP contribution in [0, 0.1) is 6.92 Å². The van der Waals surface area contributed by atoms with Crippen molar-refractivity contribution in [3.8, 4) is 0 Å². The number of nitrogens with one attached hydrogen (secondary N) is 2. The van der Waals surface area contributed by atoms with Gasteiger partial charge in [-0.05, 0) is 56.8 Å². The minimum Gasteiger partial charge on any atom is -0.393 e. The average molecular weight is 538 g/mol. The quantitative estimate of drug-likeness (QED) is 0.203. The van der Waals surface area contributed by atoms with E-state index in [0.717, 1.165) is 69.1 Å². The Morgan fingerprint density at radius 3 is 2.55 bits per heavy atom. The highest BCUT2D eigenvalue weighted by atomic mass is 127. The summed E-state index contributed by atoms with van der Waals surface area (Å²) in [6.45, 7) is 8.90. The molecule has 166 valence electrons. The number of rotatable bonds is 8. The summed E-state index contributed by atoms with van der Waals surface area (Å²) < 4.78 is 23.5. The van der Waals surface area contributed by atoms with E-state index in [1.807, 2.05) is 26.0 Å². The monoisotopic (exact) mass is 538 g/mol. The highest BCUT2D eigenvalue weighted by molar-refractivity contribution is 14.0. The minimum absolute atomic E-state index is 0. The van der Waals surface area contributed by atoms with E-state index in [2.05, 4.69) is 20.5 Å². The van der Waals surface area contributed by atoms with Gasteiger partial charge in [-0.15, -0.1) is 24.0 Å². The summed E-state index contributed by atoms with van der Waals surface area (Å²) >= 11 is 0. The van der Waals surface area contributed by atoms with Crippen LogP contribution in [0.25, 0.3) is 0 Å². The summed E-state index contributed by atoms with van der Waals surface area (Å²) in [7, 11) is -3.20. The lowest BCUT2D eigenvalue weighted by atomic mass is 10.1. The van der Waals surface area contributed by atoms with Crippen molar-refractivity contribution >= 4 is 39.8 Å². The molecule has 29 heavy (non-hydrogen) atoms. The number of benzene rings is 1. The number of aliphatic hydroxyl groups is 1. The number of hydrogen-bond donors (Lipinski definition) is 3. The van der Waals surface area contributed by atoms with Crippen LogP contribution >= 0.6 is 24.0 Å². The predicted octanol–water partition coefficient (Wildman–Crippen LogP) is 1.92. The molecule has 1 heterocycles. The first-order valence-corrected chi connectivity index (χ1v) is 11.9. The smallest absolute Gasteiger partial charge is 0.191 e. The summed E-state index contributed by atoms with van der Waals surface area (Å²) in [6, 6.07) is 5.36. The second-order valence-electron chi connectivity index (χ2n) is 7.42. The molecular weight excluding hydrogens is 503 g/mol. The molecule has 0 unspecified atom stereocenters. The van der Waals surface area contributed by atoms with Crippen LogP contribution in [0.15, 0.2) is 28.1 Å². The summed E-state index contributed by atoms with van der Waals surface area (Å²) in [4.78, 5) is 7.37. The standard InChI is InChI=1S/C20H34N4O3S.HI/c1-4-21-20(22-10-5-11-24-12-8-18(25)9-13-24)23-15-17-6-7-19(16(2)14-17)28(3,26)27;/h6-7,14,18,25H,4-5,8-13,15H2,1-3H3,(H2,21,22,23);1H. The van der Waals surface area contributed by atoms with Crippen molar-refractivity contribution in [2.75, 3.05) is 39.0 Å². The number of aliphatic hydroxyl groups excluding tert-OH is 1. The second-order valence-corrected chi connectivity index (χ2v) is 9.40. The van der Waals surface area contributed by atoms with E-state index in [-0.39, 0.29) is 30.1 Å². The number of sulfone groups is 1. The summed E-state index contributed by atoms with van der Waals surface area (Å²) in [6.07, 6.45) is 3.86. The van der Waals surface area contributed by atoms with Crippen LogP contribution in [0.4, 0.5) is 0 Å². The molecule has 7 nitrogen and oxygen atoms in total. The first kappa shape index (κ1) is 26.1. The Hall–Kier alpha value is -0.910. The molecule has 0 spiro atoms. The van der Waals surface area contributed by atoms with E-state index in [1.165, 1.54) is 6.26 Å². The topological polar surface area (TPSA) is 94.0 Å². The van der Waals surface area contributed by atoms with Gasteiger partial charge in [0.1, 0.15) is 0 Å². The summed E-state index contributed by atoms with van der Waals surface area (Å²) in [5.41, 5.74) is 1.73. The lowest BCUT2D eigenvalue weighted by molar-refractivity contribution is 0.0823. The molecule has 1 aromatic rings. The summed E-state index contributed by atoms with van der Waals surface area (Å²) in [5, 5.41) is 16.2. The van der Waals surface area contributed by atoms with E-state index in [1.54, 1.807) is 6.07 Å². The van der Waals surface area contributed by atoms with E-state index in [0.29, 0.717) is 11.4 Å². The first-order chi connectivity index (χ1) is 13.3. The van der Waals surface area contributed by atoms with Crippen molar-refractivity contribution in [1.29, 1.82) is 0 Å². The van der Waals surface area contributed by atoms with Crippen LogP contribution < -0.4 is 10.6 Å². The normalized spacial score (nSPS) is 16.3. The number of nitrogens with zero attached hydrogens (tertiary/aromatic N) is 2. The molecule has 1 fully saturated rings. The van der Waals surface area contributed by atoms with Gasteiger partial charge in [0, 0.05) is 32.4 Å². The average Bonchev–Trinajstić information content (AvgIpc) is 2.63. The molecule has 2 rings (SSSR count). The van der Waals surface area contributed by atoms with Gasteiger partial charge in [0.15, 0.2) is 15.8 Å². The number of hydrogen-bond acceptors (Lipinski definition) is 5. The Morgan fingerprint density at radius 1 is 1.28 bits per heavy atom. The Labute approximate surface area is 192 Å². The summed E-state index contributed by atoms with van der Waals surface area (Å²) in [5.74, 6) is 0.765. The zero-order valence-electron chi connectivity index (χ0n) is 17.6. The Bertz CT molecular complexity index is 763. The molecule has 1 aromatic carbocycles. The van der Waals surface area contributed by atoms with Gasteiger partial charge in [-0.1, -0.05) is 12.1 Å². The second kappa shape index (κ2) is 12.7. The molecule has 0 aliphatic carbocycles. The molecule has 1 aliphatic heterocycles. The van der Waals surface area contributed by atoms with Crippen LogP contribution in [0.1, 0.15) is 37.3 Å². The minimum atomic E-state index is -3.20. The van der Waals surface area contributed by atoms with Crippen LogP contribution in [0.5, 0.6) is 0 Å². The highest BCUT2D eigenvalue weighted by Crippen LogP contribution is 2.17. The van der Waals surface area contributed by atoms with E-state index in [4.69, 9.17) is 0 Å². The molecule has 0 aromatic heterocycles. The van der Waals surface area contributed by atoms with Crippen molar-refractivity contribution in [3.63, 3.8) is 0 Å². The third-order valence-corrected chi connectivity index (χ3v) is 6.16. The molecule has 9 heteroatoms. The van der Waals surface area contributed by atoms with E-state index < -0.39 is 9.84 Å². The van der Waals surface area contributed by atoms with Crippen molar-refractivity contribution in [3.05, 3.63) is 29.3 Å². The molecule has 3 N–H and O–H groups in total. The molecule has 0 radical (unpaired) electrons. The van der Waals surface area contributed by atoms with Crippen molar-refractivity contribution < 1.29 is 13.5 Å². The molecule has 1 aliphatic rings. The maximum atomic E-state index is 11.7. The Balaban J connectivity index is 0.00000420. The van der Waals surface area contributed by atoms with Crippen LogP contribution in [-0.2, 0) is 16.4 Å². The number of piperidine rings is 1. The highest BCUT2D eigenvalue weighted by Gasteiger charge is 2.16. The van der Waals surface area contributed by atoms with Crippen molar-refractivity contribution in [2.24, 2.45) is 4.99 Å². The van der Waals surface area contributed by atoms with Gasteiger partial charge in [0.2, 0.25) is 0 Å². The number of likely N-dealkylation sites (tertiary alicyclic amines) is 1. The molecule has 1 saturated heterocycles. The Kier molecular flexibility index (Phi) is 11.4. The molecular formula is C20H35IN4O3S. The lowest BCUT2D eigenvalue weighted by Gasteiger charge is -2.29. The number of guanidine groups is 1. The van der Waals surface area contributed by atoms with Gasteiger partial charge in [-0.2, -0.15) is 0 Å². The van der Waals surface area contributed by atoms with E-state index in [9.17, 15) is 13.5 Å². The van der Waals surface area contributed by atoms with Crippen LogP contribution in [-0.4, -0.2) is 69.5 Å². The van der Waals surface area contributed by atoms with Gasteiger partial charge >= 0.3 is 0 Å². The molecule has 0 atom stereocenters. The first-order valence-electron chi connectivity index (χ1n) is 10.0. The van der Waals surface area contributed by atoms with Gasteiger partial charge in [0.05, 0.1) is 17.5 Å². The maximum absolute atomic E-state index is 11.7. The van der Waals surface area contributed by atoms with Crippen molar-refractivity contribution in [1.82, 2.24) is 15.5 Å². The fraction of sp³-hybridized carbons (Fsp3) is 0.650. The van der Waals surface area contributed by atoms with Gasteiger partial charge in [-0.25, -0.2) is 13.4 Å². The van der Waals surface area contributed by atoms with E-state index >= 15 is 0 Å². The van der Waals surface area contributed by atoms with Crippen LogP contribution in [0.3, 0.4) is 0 Å². The molecule has 0 amide bonds. The molecule has 0 bridgehead atoms. The van der Waals surface area contributed by atoms with Crippen LogP contribution in [0.2, 0.25) is 0 Å². The number of halogens is 1. The zero-order valence-corrected chi connectivity index (χ0v) is 20.8. The van der Waals surface area contributed by atoms with Gasteiger partial charge in [0.25, 0.3) is 0 Å². The fourth-order valence-corrected chi connectivity index (χ4v) is 4.35. The molecule has 0 saturated carbocycles. The third-order valence-electron chi connectivity index (χ3n) is 4.90. The predicted molar refractivity (Wildman–Crippen MR) is 129 cm³/mol. The maximum Gasteiger partial charge on any atom is 0.191 e. The fourth-order valence-electron chi connectivity index (χ4n) is 3.39. The lowest BCUT2D eigenvalue weighted by Crippen LogP contribution is -2.40. The number of aliphatic imine (C=N–C) groups is 1. The Morgan fingerprint density at radius 2 is 1.97 bits per heavy atom.